The molecule has 0 spiro atoms. The number of hydrogen-bond acceptors (Lipinski definition) is 4. The second kappa shape index (κ2) is 8.03. The van der Waals surface area contributed by atoms with Crippen molar-refractivity contribution in [1.29, 1.82) is 0 Å². The summed E-state index contributed by atoms with van der Waals surface area (Å²) in [5.41, 5.74) is 1.48. The summed E-state index contributed by atoms with van der Waals surface area (Å²) in [5, 5.41) is 10.3. The van der Waals surface area contributed by atoms with E-state index in [9.17, 15) is 31.1 Å². The molecular formula is C17H16F6N4O. The lowest BCUT2D eigenvalue weighted by atomic mass is 10.0. The Morgan fingerprint density at radius 3 is 2.25 bits per heavy atom. The van der Waals surface area contributed by atoms with Crippen LogP contribution in [0.4, 0.5) is 32.2 Å². The number of alkyl halides is 6. The molecule has 28 heavy (non-hydrogen) atoms. The minimum Gasteiger partial charge on any atom is -0.370 e. The van der Waals surface area contributed by atoms with Gasteiger partial charge in [-0.25, -0.2) is 0 Å². The Morgan fingerprint density at radius 1 is 1.07 bits per heavy atom. The number of carbonyl (C=O) groups excluding carboxylic acids is 1. The van der Waals surface area contributed by atoms with Gasteiger partial charge in [0.15, 0.2) is 0 Å². The number of nitrogens with two attached hydrogens (primary N) is 1. The van der Waals surface area contributed by atoms with Crippen LogP contribution in [0.1, 0.15) is 24.5 Å². The molecule has 5 nitrogen and oxygen atoms in total. The van der Waals surface area contributed by atoms with Gasteiger partial charge in [-0.3, -0.25) is 4.79 Å². The molecule has 0 fully saturated rings. The average Bonchev–Trinajstić information content (AvgIpc) is 2.58. The fourth-order valence-electron chi connectivity index (χ4n) is 2.44. The van der Waals surface area contributed by atoms with E-state index in [2.05, 4.69) is 15.5 Å². The van der Waals surface area contributed by atoms with Gasteiger partial charge >= 0.3 is 12.4 Å². The minimum absolute atomic E-state index is 0.0503. The molecule has 1 unspecified atom stereocenters. The normalized spacial score (nSPS) is 13.2. The maximum Gasteiger partial charge on any atom is 0.417 e. The van der Waals surface area contributed by atoms with Crippen molar-refractivity contribution in [2.24, 2.45) is 11.7 Å². The van der Waals surface area contributed by atoms with Crippen molar-refractivity contribution in [3.8, 4) is 11.3 Å². The molecule has 0 aliphatic rings. The zero-order valence-electron chi connectivity index (χ0n) is 14.5. The quantitative estimate of drug-likeness (QED) is 0.708. The highest BCUT2D eigenvalue weighted by Crippen LogP contribution is 2.40. The molecule has 0 aliphatic heterocycles. The third kappa shape index (κ3) is 5.57. The Hall–Kier alpha value is -2.85. The molecule has 0 radical (unpaired) electrons. The first-order valence-electron chi connectivity index (χ1n) is 8.02. The van der Waals surface area contributed by atoms with Crippen molar-refractivity contribution in [3.05, 3.63) is 41.5 Å². The molecule has 0 saturated heterocycles. The van der Waals surface area contributed by atoms with E-state index in [1.165, 1.54) is 12.1 Å². The van der Waals surface area contributed by atoms with Gasteiger partial charge in [0.05, 0.1) is 16.8 Å². The Bertz CT molecular complexity index is 833. The minimum atomic E-state index is -5.00. The lowest BCUT2D eigenvalue weighted by Gasteiger charge is -2.16. The zero-order chi connectivity index (χ0) is 21.1. The van der Waals surface area contributed by atoms with Gasteiger partial charge < -0.3 is 11.1 Å². The first-order valence-corrected chi connectivity index (χ1v) is 8.02. The standard InChI is InChI=1S/C17H16F6N4O/c1-9(6-14(24)28)8-25-15-5-4-13(26-27-15)11-3-2-10(16(18,19)20)7-12(11)17(21,22)23/h2-5,7,9H,6,8H2,1H3,(H2,24,28)(H,25,27). The molecule has 2 aromatic rings. The first kappa shape index (κ1) is 21.5. The maximum atomic E-state index is 13.2. The van der Waals surface area contributed by atoms with Gasteiger partial charge in [-0.1, -0.05) is 13.0 Å². The van der Waals surface area contributed by atoms with Crippen LogP contribution in [0.3, 0.4) is 0 Å². The number of primary amides is 1. The van der Waals surface area contributed by atoms with Crippen molar-refractivity contribution in [1.82, 2.24) is 10.2 Å². The van der Waals surface area contributed by atoms with Gasteiger partial charge in [-0.05, 0) is 30.2 Å². The maximum absolute atomic E-state index is 13.2. The molecule has 1 aromatic carbocycles. The number of anilines is 1. The summed E-state index contributed by atoms with van der Waals surface area (Å²) in [4.78, 5) is 10.8. The van der Waals surface area contributed by atoms with Gasteiger partial charge in [0, 0.05) is 18.5 Å². The second-order valence-electron chi connectivity index (χ2n) is 6.22. The van der Waals surface area contributed by atoms with Crippen LogP contribution >= 0.6 is 0 Å². The zero-order valence-corrected chi connectivity index (χ0v) is 14.5. The SMILES string of the molecule is CC(CNc1ccc(-c2ccc(C(F)(F)F)cc2C(F)(F)F)nn1)CC(N)=O. The van der Waals surface area contributed by atoms with E-state index in [0.29, 0.717) is 12.6 Å². The Labute approximate surface area is 155 Å². The highest BCUT2D eigenvalue weighted by molar-refractivity contribution is 5.74. The number of nitrogens with one attached hydrogen (secondary N) is 1. The van der Waals surface area contributed by atoms with Gasteiger partial charge in [-0.2, -0.15) is 26.3 Å². The number of benzene rings is 1. The van der Waals surface area contributed by atoms with E-state index in [-0.39, 0.29) is 29.9 Å². The smallest absolute Gasteiger partial charge is 0.370 e. The van der Waals surface area contributed by atoms with Crippen LogP contribution in [0, 0.1) is 5.92 Å². The highest BCUT2D eigenvalue weighted by Gasteiger charge is 2.38. The number of rotatable bonds is 6. The van der Waals surface area contributed by atoms with Crippen molar-refractivity contribution in [2.75, 3.05) is 11.9 Å². The Kier molecular flexibility index (Phi) is 6.15. The van der Waals surface area contributed by atoms with Crippen molar-refractivity contribution in [2.45, 2.75) is 25.7 Å². The fourth-order valence-corrected chi connectivity index (χ4v) is 2.44. The predicted molar refractivity (Wildman–Crippen MR) is 88.9 cm³/mol. The van der Waals surface area contributed by atoms with Crippen molar-refractivity contribution in [3.63, 3.8) is 0 Å². The third-order valence-corrected chi connectivity index (χ3v) is 3.77. The highest BCUT2D eigenvalue weighted by atomic mass is 19.4. The topological polar surface area (TPSA) is 80.9 Å². The molecule has 0 saturated carbocycles. The van der Waals surface area contributed by atoms with E-state index < -0.39 is 35.0 Å². The summed E-state index contributed by atoms with van der Waals surface area (Å²) < 4.78 is 77.9. The molecule has 3 N–H and O–H groups in total. The summed E-state index contributed by atoms with van der Waals surface area (Å²) >= 11 is 0. The fraction of sp³-hybridized carbons (Fsp3) is 0.353. The van der Waals surface area contributed by atoms with E-state index in [0.717, 1.165) is 6.07 Å². The summed E-state index contributed by atoms with van der Waals surface area (Å²) in [6, 6.07) is 3.89. The Morgan fingerprint density at radius 2 is 1.75 bits per heavy atom. The van der Waals surface area contributed by atoms with Crippen LogP contribution in [0.2, 0.25) is 0 Å². The van der Waals surface area contributed by atoms with Gasteiger partial charge in [0.2, 0.25) is 5.91 Å². The number of amides is 1. The van der Waals surface area contributed by atoms with Crippen LogP contribution in [0.15, 0.2) is 30.3 Å². The molecule has 1 aromatic heterocycles. The molecule has 0 bridgehead atoms. The number of aromatic nitrogens is 2. The van der Waals surface area contributed by atoms with Gasteiger partial charge in [-0.15, -0.1) is 10.2 Å². The molecular weight excluding hydrogens is 390 g/mol. The lowest BCUT2D eigenvalue weighted by Crippen LogP contribution is -2.20. The van der Waals surface area contributed by atoms with Crippen LogP contribution in [0.25, 0.3) is 11.3 Å². The largest absolute Gasteiger partial charge is 0.417 e. The monoisotopic (exact) mass is 406 g/mol. The third-order valence-electron chi connectivity index (χ3n) is 3.77. The molecule has 0 aliphatic carbocycles. The molecule has 152 valence electrons. The number of nitrogens with zero attached hydrogens (tertiary/aromatic N) is 2. The number of carbonyl (C=O) groups is 1. The molecule has 2 rings (SSSR count). The number of hydrogen-bond donors (Lipinski definition) is 2. The summed E-state index contributed by atoms with van der Waals surface area (Å²) in [7, 11) is 0. The lowest BCUT2D eigenvalue weighted by molar-refractivity contribution is -0.142. The predicted octanol–water partition coefficient (Wildman–Crippen LogP) is 4.10. The summed E-state index contributed by atoms with van der Waals surface area (Å²) in [6.07, 6.45) is -9.77. The second-order valence-corrected chi connectivity index (χ2v) is 6.22. The van der Waals surface area contributed by atoms with Gasteiger partial charge in [0.25, 0.3) is 0 Å². The van der Waals surface area contributed by atoms with Crippen LogP contribution in [-0.4, -0.2) is 22.6 Å². The average molecular weight is 406 g/mol. The van der Waals surface area contributed by atoms with Crippen LogP contribution < -0.4 is 11.1 Å². The molecule has 11 heteroatoms. The molecule has 1 amide bonds. The van der Waals surface area contributed by atoms with Gasteiger partial charge in [0.1, 0.15) is 5.82 Å². The van der Waals surface area contributed by atoms with Crippen molar-refractivity contribution < 1.29 is 31.1 Å². The van der Waals surface area contributed by atoms with E-state index in [1.54, 1.807) is 6.92 Å². The Balaban J connectivity index is 2.26. The first-order chi connectivity index (χ1) is 12.9. The summed E-state index contributed by atoms with van der Waals surface area (Å²) in [6.45, 7) is 2.09. The number of halogens is 6. The molecule has 1 heterocycles. The van der Waals surface area contributed by atoms with Crippen LogP contribution in [-0.2, 0) is 17.1 Å². The van der Waals surface area contributed by atoms with E-state index >= 15 is 0 Å². The van der Waals surface area contributed by atoms with E-state index in [4.69, 9.17) is 5.73 Å². The molecule has 1 atom stereocenters. The summed E-state index contributed by atoms with van der Waals surface area (Å²) in [5.74, 6) is -0.344. The van der Waals surface area contributed by atoms with Crippen LogP contribution in [0.5, 0.6) is 0 Å². The van der Waals surface area contributed by atoms with Crippen molar-refractivity contribution >= 4 is 11.7 Å². The van der Waals surface area contributed by atoms with E-state index in [1.807, 2.05) is 0 Å².